The number of nitrogens with zero attached hydrogens (tertiary/aromatic N) is 2. The van der Waals surface area contributed by atoms with Gasteiger partial charge in [-0.2, -0.15) is 5.10 Å². The van der Waals surface area contributed by atoms with Crippen molar-refractivity contribution in [3.05, 3.63) is 29.8 Å². The van der Waals surface area contributed by atoms with Gasteiger partial charge in [0.25, 0.3) is 0 Å². The number of anilines is 1. The molecular formula is C29H38F2N2O2. The number of rotatable bonds is 3. The molecule has 190 valence electrons. The van der Waals surface area contributed by atoms with Gasteiger partial charge in [-0.15, -0.1) is 0 Å². The summed E-state index contributed by atoms with van der Waals surface area (Å²) in [5.41, 5.74) is 1.23. The van der Waals surface area contributed by atoms with E-state index in [1.807, 2.05) is 6.92 Å². The summed E-state index contributed by atoms with van der Waals surface area (Å²) in [6.45, 7) is 9.90. The van der Waals surface area contributed by atoms with E-state index in [0.29, 0.717) is 25.0 Å². The van der Waals surface area contributed by atoms with E-state index in [1.165, 1.54) is 23.9 Å². The molecule has 4 saturated carbocycles. The maximum atomic E-state index is 14.7. The molecule has 0 amide bonds. The Labute approximate surface area is 207 Å². The van der Waals surface area contributed by atoms with Crippen molar-refractivity contribution in [2.75, 3.05) is 18.2 Å². The molecule has 4 nitrogen and oxygen atoms in total. The maximum absolute atomic E-state index is 14.7. The lowest BCUT2D eigenvalue weighted by molar-refractivity contribution is -0.191. The molecule has 7 atom stereocenters. The van der Waals surface area contributed by atoms with Gasteiger partial charge in [-0.05, 0) is 93.6 Å². The van der Waals surface area contributed by atoms with E-state index < -0.39 is 17.0 Å². The first-order valence-electron chi connectivity index (χ1n) is 13.6. The summed E-state index contributed by atoms with van der Waals surface area (Å²) in [5, 5.41) is 6.73. The number of hydrazone groups is 1. The minimum Gasteiger partial charge on any atom is -0.466 e. The van der Waals surface area contributed by atoms with Gasteiger partial charge in [-0.1, -0.05) is 20.3 Å². The zero-order valence-electron chi connectivity index (χ0n) is 21.5. The number of ether oxygens (including phenoxy) is 1. The summed E-state index contributed by atoms with van der Waals surface area (Å²) in [4.78, 5) is 13.2. The average molecular weight is 485 g/mol. The summed E-state index contributed by atoms with van der Waals surface area (Å²) >= 11 is 0. The molecule has 0 saturated heterocycles. The fraction of sp³-hybridized carbons (Fsp3) is 0.724. The van der Waals surface area contributed by atoms with Crippen molar-refractivity contribution in [3.8, 4) is 0 Å². The van der Waals surface area contributed by atoms with Gasteiger partial charge >= 0.3 is 5.97 Å². The minimum atomic E-state index is -0.436. The van der Waals surface area contributed by atoms with Crippen LogP contribution in [0, 0.1) is 51.0 Å². The van der Waals surface area contributed by atoms with Gasteiger partial charge < -0.3 is 4.74 Å². The number of carbonyl (C=O) groups excluding carboxylic acids is 1. The van der Waals surface area contributed by atoms with Crippen molar-refractivity contribution in [3.63, 3.8) is 0 Å². The van der Waals surface area contributed by atoms with Gasteiger partial charge in [-0.3, -0.25) is 9.80 Å². The molecule has 0 unspecified atom stereocenters. The second kappa shape index (κ2) is 7.52. The third kappa shape index (κ3) is 3.00. The van der Waals surface area contributed by atoms with E-state index in [-0.39, 0.29) is 33.8 Å². The fourth-order valence-electron chi connectivity index (χ4n) is 9.96. The first kappa shape index (κ1) is 23.4. The van der Waals surface area contributed by atoms with E-state index in [1.54, 1.807) is 5.01 Å². The zero-order valence-corrected chi connectivity index (χ0v) is 21.5. The Morgan fingerprint density at radius 2 is 1.89 bits per heavy atom. The van der Waals surface area contributed by atoms with Crippen LogP contribution in [-0.2, 0) is 9.53 Å². The number of halogens is 2. The Kier molecular flexibility index (Phi) is 5.03. The summed E-state index contributed by atoms with van der Waals surface area (Å²) in [7, 11) is 0. The fourth-order valence-corrected chi connectivity index (χ4v) is 9.96. The smallest absolute Gasteiger partial charge is 0.312 e. The third-order valence-electron chi connectivity index (χ3n) is 11.2. The van der Waals surface area contributed by atoms with E-state index in [4.69, 9.17) is 9.84 Å². The molecule has 1 aromatic carbocycles. The quantitative estimate of drug-likeness (QED) is 0.447. The number of esters is 1. The molecule has 6 rings (SSSR count). The third-order valence-corrected chi connectivity index (χ3v) is 11.2. The van der Waals surface area contributed by atoms with Crippen LogP contribution in [0.2, 0.25) is 0 Å². The van der Waals surface area contributed by atoms with E-state index in [0.717, 1.165) is 51.4 Å². The summed E-state index contributed by atoms with van der Waals surface area (Å²) < 4.78 is 34.3. The topological polar surface area (TPSA) is 41.9 Å². The zero-order chi connectivity index (χ0) is 24.8. The number of benzene rings is 1. The first-order valence-corrected chi connectivity index (χ1v) is 13.6. The van der Waals surface area contributed by atoms with Gasteiger partial charge in [-0.25, -0.2) is 8.78 Å². The molecule has 1 aromatic rings. The lowest BCUT2D eigenvalue weighted by Gasteiger charge is -2.64. The van der Waals surface area contributed by atoms with Gasteiger partial charge in [0.05, 0.1) is 24.3 Å². The van der Waals surface area contributed by atoms with Crippen LogP contribution in [0.5, 0.6) is 0 Å². The SMILES string of the molecule is CCOC(=O)[C@]1(C)CCC[C@@]2(C)[C@@H]3CC[C@@]4(C)C[C@]3(CC[C@@H]21)[C@@H]1CN(c2cc(F)ccc2F)N=C14. The molecule has 1 spiro atoms. The summed E-state index contributed by atoms with van der Waals surface area (Å²) in [6.07, 6.45) is 8.58. The van der Waals surface area contributed by atoms with Crippen molar-refractivity contribution in [2.45, 2.75) is 79.1 Å². The largest absolute Gasteiger partial charge is 0.466 e. The first-order chi connectivity index (χ1) is 16.6. The number of hydrogen-bond acceptors (Lipinski definition) is 4. The Balaban J connectivity index is 1.38. The highest BCUT2D eigenvalue weighted by atomic mass is 19.1. The van der Waals surface area contributed by atoms with Gasteiger partial charge in [0.1, 0.15) is 11.6 Å². The van der Waals surface area contributed by atoms with Crippen molar-refractivity contribution >= 4 is 17.4 Å². The van der Waals surface area contributed by atoms with Crippen LogP contribution in [0.1, 0.15) is 79.1 Å². The van der Waals surface area contributed by atoms with Gasteiger partial charge in [0.2, 0.25) is 0 Å². The second-order valence-corrected chi connectivity index (χ2v) is 12.9. The van der Waals surface area contributed by atoms with Crippen LogP contribution in [0.4, 0.5) is 14.5 Å². The standard InChI is InChI=1S/C29H38F2N2O2/c1-5-35-25(34)28(4)12-6-11-27(3)22(28)10-14-29-17-26(2,13-9-23(27)29)24-19(29)16-33(32-24)21-15-18(30)7-8-20(21)31/h7-8,15,19,22-23H,5-6,9-14,16-17H2,1-4H3/t19-,22+,23+,26+,27-,28-,29-/m1/s1. The highest BCUT2D eigenvalue weighted by Crippen LogP contribution is 2.75. The highest BCUT2D eigenvalue weighted by Gasteiger charge is 2.71. The van der Waals surface area contributed by atoms with E-state index in [2.05, 4.69) is 20.8 Å². The number of hydrogen-bond donors (Lipinski definition) is 0. The molecule has 0 aromatic heterocycles. The molecule has 2 bridgehead atoms. The molecule has 5 aliphatic rings. The predicted molar refractivity (Wildman–Crippen MR) is 132 cm³/mol. The molecule has 1 heterocycles. The van der Waals surface area contributed by atoms with Crippen LogP contribution in [0.3, 0.4) is 0 Å². The van der Waals surface area contributed by atoms with Crippen LogP contribution in [0.15, 0.2) is 23.3 Å². The Bertz CT molecular complexity index is 1110. The molecule has 4 aliphatic carbocycles. The molecule has 35 heavy (non-hydrogen) atoms. The molecule has 1 aliphatic heterocycles. The normalized spacial score (nSPS) is 43.8. The Hall–Kier alpha value is -1.98. The molecule has 0 radical (unpaired) electrons. The van der Waals surface area contributed by atoms with Crippen LogP contribution in [0.25, 0.3) is 0 Å². The van der Waals surface area contributed by atoms with E-state index >= 15 is 0 Å². The molecule has 6 heteroatoms. The van der Waals surface area contributed by atoms with E-state index in [9.17, 15) is 13.6 Å². The molecule has 4 fully saturated rings. The molecule has 0 N–H and O–H groups in total. The van der Waals surface area contributed by atoms with Gasteiger partial charge in [0.15, 0.2) is 0 Å². The number of carbonyl (C=O) groups is 1. The van der Waals surface area contributed by atoms with Crippen LogP contribution in [-0.4, -0.2) is 24.8 Å². The second-order valence-electron chi connectivity index (χ2n) is 12.9. The number of fused-ring (bicyclic) bond motifs is 5. The Morgan fingerprint density at radius 1 is 1.11 bits per heavy atom. The lowest BCUT2D eigenvalue weighted by Crippen LogP contribution is -2.60. The van der Waals surface area contributed by atoms with Crippen LogP contribution < -0.4 is 5.01 Å². The van der Waals surface area contributed by atoms with Crippen LogP contribution >= 0.6 is 0 Å². The van der Waals surface area contributed by atoms with Crippen molar-refractivity contribution in [2.24, 2.45) is 44.5 Å². The van der Waals surface area contributed by atoms with Crippen molar-refractivity contribution in [1.82, 2.24) is 0 Å². The predicted octanol–water partition coefficient (Wildman–Crippen LogP) is 6.73. The molecular weight excluding hydrogens is 446 g/mol. The Morgan fingerprint density at radius 3 is 2.66 bits per heavy atom. The minimum absolute atomic E-state index is 0.0159. The summed E-state index contributed by atoms with van der Waals surface area (Å²) in [6, 6.07) is 3.64. The lowest BCUT2D eigenvalue weighted by atomic mass is 9.39. The highest BCUT2D eigenvalue weighted by molar-refractivity contribution is 5.98. The van der Waals surface area contributed by atoms with Crippen molar-refractivity contribution < 1.29 is 18.3 Å². The average Bonchev–Trinajstić information content (AvgIpc) is 3.33. The van der Waals surface area contributed by atoms with Gasteiger partial charge in [0, 0.05) is 23.1 Å². The summed E-state index contributed by atoms with van der Waals surface area (Å²) in [5.74, 6) is 0.210. The monoisotopic (exact) mass is 484 g/mol. The van der Waals surface area contributed by atoms with Crippen molar-refractivity contribution in [1.29, 1.82) is 0 Å². The maximum Gasteiger partial charge on any atom is 0.312 e.